The van der Waals surface area contributed by atoms with Crippen LogP contribution in [0.25, 0.3) is 5.65 Å². The highest BCUT2D eigenvalue weighted by molar-refractivity contribution is 5.93. The van der Waals surface area contributed by atoms with Gasteiger partial charge in [0.15, 0.2) is 11.5 Å². The first-order chi connectivity index (χ1) is 13.2. The van der Waals surface area contributed by atoms with Gasteiger partial charge in [-0.25, -0.2) is 4.39 Å². The van der Waals surface area contributed by atoms with Crippen LogP contribution in [0.4, 0.5) is 4.39 Å². The number of pyridine rings is 1. The first kappa shape index (κ1) is 16.3. The molecule has 3 aromatic rings. The Morgan fingerprint density at radius 1 is 1.04 bits per heavy atom. The summed E-state index contributed by atoms with van der Waals surface area (Å²) in [7, 11) is 0. The van der Waals surface area contributed by atoms with Crippen LogP contribution in [0.2, 0.25) is 0 Å². The van der Waals surface area contributed by atoms with Crippen molar-refractivity contribution >= 4 is 11.6 Å². The summed E-state index contributed by atoms with van der Waals surface area (Å²) < 4.78 is 15.2. The molecule has 138 valence electrons. The zero-order chi connectivity index (χ0) is 18.4. The summed E-state index contributed by atoms with van der Waals surface area (Å²) in [5.41, 5.74) is 2.16. The highest BCUT2D eigenvalue weighted by Gasteiger charge is 2.29. The van der Waals surface area contributed by atoms with Gasteiger partial charge >= 0.3 is 0 Å². The van der Waals surface area contributed by atoms with Crippen LogP contribution < -0.4 is 0 Å². The number of carbonyl (C=O) groups excluding carboxylic acids is 1. The molecule has 1 saturated heterocycles. The third-order valence-corrected chi connectivity index (χ3v) is 5.40. The predicted molar refractivity (Wildman–Crippen MR) is 94.8 cm³/mol. The number of rotatable bonds is 3. The number of fused-ring (bicyclic) bond motifs is 1. The zero-order valence-corrected chi connectivity index (χ0v) is 14.8. The summed E-state index contributed by atoms with van der Waals surface area (Å²) in [5, 5.41) is 13.4. The Morgan fingerprint density at radius 2 is 1.85 bits per heavy atom. The van der Waals surface area contributed by atoms with Crippen molar-refractivity contribution in [1.82, 2.24) is 29.7 Å². The van der Waals surface area contributed by atoms with Gasteiger partial charge in [-0.1, -0.05) is 0 Å². The molecular weight excluding hydrogens is 347 g/mol. The van der Waals surface area contributed by atoms with Crippen LogP contribution in [0, 0.1) is 5.82 Å². The molecule has 4 heterocycles. The van der Waals surface area contributed by atoms with Crippen molar-refractivity contribution < 1.29 is 9.18 Å². The Balaban J connectivity index is 1.32. The maximum Gasteiger partial charge on any atom is 0.255 e. The van der Waals surface area contributed by atoms with E-state index in [9.17, 15) is 9.18 Å². The molecule has 27 heavy (non-hydrogen) atoms. The average molecular weight is 366 g/mol. The molecule has 0 atom stereocenters. The van der Waals surface area contributed by atoms with Gasteiger partial charge in [-0.05, 0) is 43.9 Å². The van der Waals surface area contributed by atoms with Crippen molar-refractivity contribution in [2.75, 3.05) is 13.1 Å². The molecule has 0 bridgehead atoms. The molecule has 1 aliphatic carbocycles. The molecule has 0 aromatic carbocycles. The lowest BCUT2D eigenvalue weighted by Gasteiger charge is -2.31. The largest absolute Gasteiger partial charge is 0.339 e. The third kappa shape index (κ3) is 3.05. The van der Waals surface area contributed by atoms with Crippen LogP contribution in [0.1, 0.15) is 59.4 Å². The van der Waals surface area contributed by atoms with Gasteiger partial charge < -0.3 is 4.90 Å². The van der Waals surface area contributed by atoms with Crippen molar-refractivity contribution in [3.05, 3.63) is 53.5 Å². The van der Waals surface area contributed by atoms with Crippen LogP contribution in [-0.4, -0.2) is 48.7 Å². The minimum Gasteiger partial charge on any atom is -0.339 e. The van der Waals surface area contributed by atoms with Crippen LogP contribution in [-0.2, 0) is 0 Å². The summed E-state index contributed by atoms with van der Waals surface area (Å²) >= 11 is 0. The molecule has 2 fully saturated rings. The van der Waals surface area contributed by atoms with Gasteiger partial charge in [0.1, 0.15) is 5.82 Å². The van der Waals surface area contributed by atoms with E-state index >= 15 is 0 Å². The fourth-order valence-corrected chi connectivity index (χ4v) is 3.72. The van der Waals surface area contributed by atoms with Crippen LogP contribution in [0.15, 0.2) is 30.6 Å². The first-order valence-electron chi connectivity index (χ1n) is 9.31. The second kappa shape index (κ2) is 6.37. The molecule has 1 aliphatic heterocycles. The summed E-state index contributed by atoms with van der Waals surface area (Å²) in [6.07, 6.45) is 6.47. The van der Waals surface area contributed by atoms with Crippen LogP contribution in [0.3, 0.4) is 0 Å². The smallest absolute Gasteiger partial charge is 0.255 e. The van der Waals surface area contributed by atoms with E-state index in [0.717, 1.165) is 36.2 Å². The Bertz CT molecular complexity index is 1010. The number of hydrogen-bond acceptors (Lipinski definition) is 5. The van der Waals surface area contributed by atoms with Crippen LogP contribution >= 0.6 is 0 Å². The molecule has 1 saturated carbocycles. The zero-order valence-electron chi connectivity index (χ0n) is 14.8. The number of piperidine rings is 1. The fourth-order valence-electron chi connectivity index (χ4n) is 3.72. The van der Waals surface area contributed by atoms with Gasteiger partial charge in [0, 0.05) is 31.1 Å². The van der Waals surface area contributed by atoms with E-state index in [2.05, 4.69) is 15.2 Å². The van der Waals surface area contributed by atoms with Crippen molar-refractivity contribution in [1.29, 1.82) is 0 Å². The van der Waals surface area contributed by atoms with Gasteiger partial charge in [-0.15, -0.1) is 10.2 Å². The molecule has 8 heteroatoms. The lowest BCUT2D eigenvalue weighted by atomic mass is 9.95. The molecular formula is C19H19FN6O. The molecule has 0 unspecified atom stereocenters. The lowest BCUT2D eigenvalue weighted by Crippen LogP contribution is -2.38. The second-order valence-electron chi connectivity index (χ2n) is 7.32. The minimum atomic E-state index is -0.497. The molecule has 5 rings (SSSR count). The van der Waals surface area contributed by atoms with Crippen molar-refractivity contribution in [2.45, 2.75) is 37.5 Å². The Labute approximate surface area is 155 Å². The number of aromatic nitrogens is 5. The standard InChI is InChI=1S/C19H19FN6O/c20-15-9-14(10-21-11-15)19(27)25-7-5-13(6-8-25)18-23-22-17-4-3-16(12-1-2-12)24-26(17)18/h3-4,9-13H,1-2,5-8H2. The van der Waals surface area contributed by atoms with Crippen LogP contribution in [0.5, 0.6) is 0 Å². The topological polar surface area (TPSA) is 76.3 Å². The van der Waals surface area contributed by atoms with Crippen molar-refractivity contribution in [3.8, 4) is 0 Å². The van der Waals surface area contributed by atoms with E-state index in [1.807, 2.05) is 16.6 Å². The maximum atomic E-state index is 13.3. The van der Waals surface area contributed by atoms with E-state index in [-0.39, 0.29) is 17.4 Å². The molecule has 0 radical (unpaired) electrons. The molecule has 2 aliphatic rings. The van der Waals surface area contributed by atoms with E-state index < -0.39 is 5.82 Å². The molecule has 1 amide bonds. The number of hydrogen-bond donors (Lipinski definition) is 0. The predicted octanol–water partition coefficient (Wildman–Crippen LogP) is 2.56. The van der Waals surface area contributed by atoms with Gasteiger partial charge in [-0.2, -0.15) is 9.61 Å². The normalized spacial score (nSPS) is 18.2. The minimum absolute atomic E-state index is 0.180. The number of carbonyl (C=O) groups is 1. The van der Waals surface area contributed by atoms with E-state index in [0.29, 0.717) is 19.0 Å². The Hall–Kier alpha value is -2.90. The van der Waals surface area contributed by atoms with Gasteiger partial charge in [-0.3, -0.25) is 9.78 Å². The molecule has 3 aromatic heterocycles. The summed E-state index contributed by atoms with van der Waals surface area (Å²) in [6.45, 7) is 1.19. The maximum absolute atomic E-state index is 13.3. The van der Waals surface area contributed by atoms with E-state index in [4.69, 9.17) is 5.10 Å². The fraction of sp³-hybridized carbons (Fsp3) is 0.421. The number of nitrogens with zero attached hydrogens (tertiary/aromatic N) is 6. The summed E-state index contributed by atoms with van der Waals surface area (Å²) in [6, 6.07) is 5.25. The van der Waals surface area contributed by atoms with Crippen molar-refractivity contribution in [3.63, 3.8) is 0 Å². The van der Waals surface area contributed by atoms with Gasteiger partial charge in [0.05, 0.1) is 17.5 Å². The Morgan fingerprint density at radius 3 is 2.59 bits per heavy atom. The second-order valence-corrected chi connectivity index (χ2v) is 7.32. The van der Waals surface area contributed by atoms with Gasteiger partial charge in [0.25, 0.3) is 5.91 Å². The number of amides is 1. The summed E-state index contributed by atoms with van der Waals surface area (Å²) in [5.74, 6) is 0.969. The lowest BCUT2D eigenvalue weighted by molar-refractivity contribution is 0.0709. The SMILES string of the molecule is O=C(c1cncc(F)c1)N1CCC(c2nnc3ccc(C4CC4)nn23)CC1. The molecule has 7 nitrogen and oxygen atoms in total. The highest BCUT2D eigenvalue weighted by atomic mass is 19.1. The highest BCUT2D eigenvalue weighted by Crippen LogP contribution is 2.39. The third-order valence-electron chi connectivity index (χ3n) is 5.40. The number of likely N-dealkylation sites (tertiary alicyclic amines) is 1. The van der Waals surface area contributed by atoms with E-state index in [1.165, 1.54) is 25.1 Å². The first-order valence-corrected chi connectivity index (χ1v) is 9.31. The monoisotopic (exact) mass is 366 g/mol. The van der Waals surface area contributed by atoms with Crippen molar-refractivity contribution in [2.24, 2.45) is 0 Å². The Kier molecular flexibility index (Phi) is 3.84. The quantitative estimate of drug-likeness (QED) is 0.712. The number of halogens is 1. The summed E-state index contributed by atoms with van der Waals surface area (Å²) in [4.78, 5) is 18.1. The average Bonchev–Trinajstić information content (AvgIpc) is 3.47. The van der Waals surface area contributed by atoms with E-state index in [1.54, 1.807) is 4.90 Å². The van der Waals surface area contributed by atoms with Gasteiger partial charge in [0.2, 0.25) is 0 Å². The molecule has 0 N–H and O–H groups in total. The molecule has 0 spiro atoms.